The smallest absolute Gasteiger partial charge is 0.416 e. The van der Waals surface area contributed by atoms with Crippen LogP contribution in [0.15, 0.2) is 66.0 Å². The number of carboxylic acid groups (broad SMARTS) is 1. The molecule has 2 aliphatic rings. The second kappa shape index (κ2) is 13.0. The van der Waals surface area contributed by atoms with Crippen LogP contribution in [0.5, 0.6) is 5.75 Å². The molecule has 1 aliphatic carbocycles. The van der Waals surface area contributed by atoms with Crippen molar-refractivity contribution in [2.24, 2.45) is 5.41 Å². The predicted molar refractivity (Wildman–Crippen MR) is 165 cm³/mol. The Balaban J connectivity index is 1.63. The van der Waals surface area contributed by atoms with Crippen molar-refractivity contribution >= 4 is 21.9 Å². The lowest BCUT2D eigenvalue weighted by molar-refractivity contribution is -0.146. The topological polar surface area (TPSA) is 136 Å². The minimum Gasteiger partial charge on any atom is -0.496 e. The van der Waals surface area contributed by atoms with Gasteiger partial charge in [-0.15, -0.1) is 0 Å². The second-order valence-electron chi connectivity index (χ2n) is 12.2. The minimum absolute atomic E-state index is 0.0188. The molecule has 1 aliphatic heterocycles. The molecule has 1 N–H and O–H groups in total. The zero-order valence-electron chi connectivity index (χ0n) is 27.0. The van der Waals surface area contributed by atoms with E-state index in [-0.39, 0.29) is 34.2 Å². The summed E-state index contributed by atoms with van der Waals surface area (Å²) in [5.41, 5.74) is -5.71. The van der Waals surface area contributed by atoms with Crippen LogP contribution in [0.3, 0.4) is 0 Å². The predicted octanol–water partition coefficient (Wildman–Crippen LogP) is 7.11. The lowest BCUT2D eigenvalue weighted by Crippen LogP contribution is -2.33. The van der Waals surface area contributed by atoms with Gasteiger partial charge in [0.25, 0.3) is 0 Å². The Kier molecular flexibility index (Phi) is 9.47. The number of amides is 1. The number of aliphatic carboxylic acids is 1. The van der Waals surface area contributed by atoms with Crippen LogP contribution in [0.1, 0.15) is 53.8 Å². The summed E-state index contributed by atoms with van der Waals surface area (Å²) >= 11 is 0. The van der Waals surface area contributed by atoms with E-state index >= 15 is 4.39 Å². The Morgan fingerprint density at radius 1 is 1.04 bits per heavy atom. The number of hydrogen-bond acceptors (Lipinski definition) is 8. The zero-order chi connectivity index (χ0) is 37.8. The SMILES string of the molecule is COc1cc(F)c(C2C=CC=CC2(C)C(=O)O)cc1-c1cnc(S(C)(=O)=O)nc1CN1C(=O)O[C@H](c2cc(C(F)(F)F)cc(C(F)(F)F)c2)[C@@H]1C. The molecule has 10 nitrogen and oxygen atoms in total. The average Bonchev–Trinajstić information content (AvgIpc) is 3.32. The van der Waals surface area contributed by atoms with E-state index < -0.39 is 91.9 Å². The van der Waals surface area contributed by atoms with Gasteiger partial charge in [0, 0.05) is 35.6 Å². The van der Waals surface area contributed by atoms with E-state index in [9.17, 15) is 49.5 Å². The van der Waals surface area contributed by atoms with Crippen LogP contribution in [0.25, 0.3) is 11.1 Å². The number of nitrogens with zero attached hydrogens (tertiary/aromatic N) is 3. The van der Waals surface area contributed by atoms with Gasteiger partial charge in [-0.3, -0.25) is 9.69 Å². The molecule has 2 heterocycles. The standard InChI is InChI=1S/C33H28F7N3O7S/c1-16-27(17-9-18(32(35,36)37)11-19(10-17)33(38,39)40)50-30(46)43(16)15-25-22(14-41-29(42-25)51(4,47)48)20-12-21(24(34)13-26(20)49-3)23-7-5-6-8-31(23,2)28(44)45/h5-14,16,23,27H,15H2,1-4H3,(H,44,45)/t16-,23?,27-,31?/m0/s1. The van der Waals surface area contributed by atoms with Gasteiger partial charge >= 0.3 is 24.4 Å². The van der Waals surface area contributed by atoms with Crippen LogP contribution in [-0.4, -0.2) is 59.9 Å². The Morgan fingerprint density at radius 2 is 1.67 bits per heavy atom. The van der Waals surface area contributed by atoms with E-state index in [0.717, 1.165) is 23.4 Å². The van der Waals surface area contributed by atoms with Crippen molar-refractivity contribution in [3.63, 3.8) is 0 Å². The fourth-order valence-corrected chi connectivity index (χ4v) is 6.46. The van der Waals surface area contributed by atoms with Gasteiger partial charge in [-0.1, -0.05) is 24.3 Å². The average molecular weight is 744 g/mol. The molecule has 51 heavy (non-hydrogen) atoms. The lowest BCUT2D eigenvalue weighted by atomic mass is 9.70. The first kappa shape index (κ1) is 37.3. The van der Waals surface area contributed by atoms with Crippen molar-refractivity contribution in [1.29, 1.82) is 0 Å². The number of ether oxygens (including phenoxy) is 2. The molecule has 1 fully saturated rings. The highest BCUT2D eigenvalue weighted by Crippen LogP contribution is 2.46. The number of cyclic esters (lactones) is 1. The molecular weight excluding hydrogens is 715 g/mol. The Hall–Kier alpha value is -5.00. The first-order valence-corrected chi connectivity index (χ1v) is 16.7. The molecule has 3 aromatic rings. The fourth-order valence-electron chi connectivity index (χ4n) is 5.94. The monoisotopic (exact) mass is 743 g/mol. The van der Waals surface area contributed by atoms with Gasteiger partial charge in [0.05, 0.1) is 41.9 Å². The number of rotatable bonds is 8. The summed E-state index contributed by atoms with van der Waals surface area (Å²) in [7, 11) is -2.89. The van der Waals surface area contributed by atoms with Crippen LogP contribution in [0, 0.1) is 11.2 Å². The van der Waals surface area contributed by atoms with Crippen LogP contribution < -0.4 is 4.74 Å². The van der Waals surface area contributed by atoms with Gasteiger partial charge in [0.15, 0.2) is 0 Å². The number of sulfone groups is 1. The maximum absolute atomic E-state index is 15.6. The number of benzene rings is 2. The van der Waals surface area contributed by atoms with E-state index in [1.807, 2.05) is 0 Å². The van der Waals surface area contributed by atoms with Crippen molar-refractivity contribution in [2.75, 3.05) is 13.4 Å². The van der Waals surface area contributed by atoms with Crippen LogP contribution in [0.2, 0.25) is 0 Å². The number of aromatic nitrogens is 2. The van der Waals surface area contributed by atoms with Gasteiger partial charge in [0.1, 0.15) is 17.7 Å². The highest BCUT2D eigenvalue weighted by Gasteiger charge is 2.45. The maximum Gasteiger partial charge on any atom is 0.416 e. The maximum atomic E-state index is 15.6. The molecule has 2 unspecified atom stereocenters. The number of carbonyl (C=O) groups is 2. The number of halogens is 7. The normalized spacial score (nSPS) is 22.3. The van der Waals surface area contributed by atoms with Crippen LogP contribution in [-0.2, 0) is 38.3 Å². The number of carboxylic acids is 1. The molecule has 5 rings (SSSR count). The highest BCUT2D eigenvalue weighted by atomic mass is 32.2. The van der Waals surface area contributed by atoms with Gasteiger partial charge in [-0.25, -0.2) is 27.6 Å². The van der Waals surface area contributed by atoms with Crippen molar-refractivity contribution in [3.8, 4) is 16.9 Å². The molecule has 1 saturated heterocycles. The van der Waals surface area contributed by atoms with E-state index in [2.05, 4.69) is 9.97 Å². The van der Waals surface area contributed by atoms with E-state index in [1.165, 1.54) is 51.3 Å². The Morgan fingerprint density at radius 3 is 2.22 bits per heavy atom. The third-order valence-corrected chi connectivity index (χ3v) is 9.60. The summed E-state index contributed by atoms with van der Waals surface area (Å²) in [6.45, 7) is 2.07. The molecule has 272 valence electrons. The van der Waals surface area contributed by atoms with Crippen molar-refractivity contribution in [2.45, 2.75) is 56.0 Å². The third kappa shape index (κ3) is 7.13. The summed E-state index contributed by atoms with van der Waals surface area (Å²) in [4.78, 5) is 34.4. The first-order valence-electron chi connectivity index (χ1n) is 14.9. The summed E-state index contributed by atoms with van der Waals surface area (Å²) < 4.78 is 133. The van der Waals surface area contributed by atoms with Gasteiger partial charge in [-0.2, -0.15) is 26.3 Å². The number of alkyl halides is 6. The summed E-state index contributed by atoms with van der Waals surface area (Å²) in [5, 5.41) is 9.31. The fraction of sp³-hybridized carbons (Fsp3) is 0.333. The van der Waals surface area contributed by atoms with E-state index in [1.54, 1.807) is 0 Å². The Labute approximate surface area is 286 Å². The number of methoxy groups -OCH3 is 1. The molecular formula is C33H28F7N3O7S. The van der Waals surface area contributed by atoms with Gasteiger partial charge < -0.3 is 14.6 Å². The zero-order valence-corrected chi connectivity index (χ0v) is 27.8. The minimum atomic E-state index is -5.17. The molecule has 0 spiro atoms. The highest BCUT2D eigenvalue weighted by molar-refractivity contribution is 7.90. The Bertz CT molecular complexity index is 2050. The number of carbonyl (C=O) groups excluding carboxylic acids is 1. The summed E-state index contributed by atoms with van der Waals surface area (Å²) in [6.07, 6.45) is -5.40. The molecule has 0 saturated carbocycles. The summed E-state index contributed by atoms with van der Waals surface area (Å²) in [5.74, 6) is -3.28. The van der Waals surface area contributed by atoms with E-state index in [0.29, 0.717) is 12.1 Å². The third-order valence-electron chi connectivity index (χ3n) is 8.74. The lowest BCUT2D eigenvalue weighted by Gasteiger charge is -2.32. The first-order chi connectivity index (χ1) is 23.6. The van der Waals surface area contributed by atoms with Crippen LogP contribution >= 0.6 is 0 Å². The van der Waals surface area contributed by atoms with Crippen LogP contribution in [0.4, 0.5) is 35.5 Å². The number of hydrogen-bond donors (Lipinski definition) is 1. The van der Waals surface area contributed by atoms with Crippen molar-refractivity contribution in [1.82, 2.24) is 14.9 Å². The quantitative estimate of drug-likeness (QED) is 0.189. The molecule has 2 aromatic carbocycles. The van der Waals surface area contributed by atoms with Crippen molar-refractivity contribution < 1.29 is 63.3 Å². The van der Waals surface area contributed by atoms with Gasteiger partial charge in [0.2, 0.25) is 15.0 Å². The summed E-state index contributed by atoms with van der Waals surface area (Å²) in [6, 6.07) is 1.83. The van der Waals surface area contributed by atoms with Gasteiger partial charge in [-0.05, 0) is 49.2 Å². The molecule has 0 radical (unpaired) electrons. The molecule has 4 atom stereocenters. The molecule has 18 heteroatoms. The molecule has 0 bridgehead atoms. The molecule has 1 aromatic heterocycles. The molecule has 1 amide bonds. The second-order valence-corrected chi connectivity index (χ2v) is 14.1. The van der Waals surface area contributed by atoms with Crippen molar-refractivity contribution in [3.05, 3.63) is 94.6 Å². The van der Waals surface area contributed by atoms with E-state index in [4.69, 9.17) is 9.47 Å². The number of allylic oxidation sites excluding steroid dienone is 3. The largest absolute Gasteiger partial charge is 0.496 e.